The molecule has 0 aliphatic rings. The van der Waals surface area contributed by atoms with E-state index in [4.69, 9.17) is 0 Å². The number of hydrogen-bond acceptors (Lipinski definition) is 2. The Morgan fingerprint density at radius 1 is 1.20 bits per heavy atom. The minimum Gasteiger partial charge on any atom is -0.271 e. The Morgan fingerprint density at radius 2 is 2.07 bits per heavy atom. The minimum atomic E-state index is 0.875. The maximum absolute atomic E-state index is 4.31. The van der Waals surface area contributed by atoms with Crippen LogP contribution in [0.2, 0.25) is 0 Å². The predicted octanol–water partition coefficient (Wildman–Crippen LogP) is 1.73. The predicted molar refractivity (Wildman–Crippen MR) is 58.4 cm³/mol. The van der Waals surface area contributed by atoms with Crippen LogP contribution < -0.4 is 0 Å². The van der Waals surface area contributed by atoms with Crippen molar-refractivity contribution in [3.05, 3.63) is 36.4 Å². The molecule has 0 saturated heterocycles. The summed E-state index contributed by atoms with van der Waals surface area (Å²) in [5, 5.41) is 8.46. The van der Waals surface area contributed by atoms with Crippen molar-refractivity contribution >= 4 is 0 Å². The van der Waals surface area contributed by atoms with Crippen molar-refractivity contribution in [2.45, 2.75) is 32.9 Å². The van der Waals surface area contributed by atoms with Gasteiger partial charge in [0.25, 0.3) is 0 Å². The van der Waals surface area contributed by atoms with Gasteiger partial charge in [0.05, 0.1) is 19.3 Å². The van der Waals surface area contributed by atoms with Gasteiger partial charge in [-0.3, -0.25) is 9.36 Å². The van der Waals surface area contributed by atoms with Gasteiger partial charge in [0.2, 0.25) is 0 Å². The largest absolute Gasteiger partial charge is 0.271 e. The van der Waals surface area contributed by atoms with Gasteiger partial charge < -0.3 is 0 Å². The zero-order valence-electron chi connectivity index (χ0n) is 9.00. The average molecular weight is 204 g/mol. The zero-order valence-corrected chi connectivity index (χ0v) is 9.00. The van der Waals surface area contributed by atoms with E-state index in [9.17, 15) is 0 Å². The third-order valence-electron chi connectivity index (χ3n) is 2.34. The lowest BCUT2D eigenvalue weighted by atomic mass is 10.2. The van der Waals surface area contributed by atoms with E-state index in [2.05, 4.69) is 23.3 Å². The van der Waals surface area contributed by atoms with Crippen molar-refractivity contribution in [2.75, 3.05) is 0 Å². The van der Waals surface area contributed by atoms with Crippen molar-refractivity contribution < 1.29 is 0 Å². The summed E-state index contributed by atoms with van der Waals surface area (Å²) in [6.45, 7) is 3.94. The molecule has 4 heteroatoms. The third-order valence-corrected chi connectivity index (χ3v) is 2.34. The first-order valence-electron chi connectivity index (χ1n) is 5.37. The van der Waals surface area contributed by atoms with E-state index in [1.807, 2.05) is 27.8 Å². The van der Waals surface area contributed by atoms with Gasteiger partial charge >= 0.3 is 0 Å². The first-order chi connectivity index (χ1) is 7.38. The highest BCUT2D eigenvalue weighted by Crippen LogP contribution is 2.01. The van der Waals surface area contributed by atoms with Crippen molar-refractivity contribution in [3.8, 4) is 0 Å². The molecule has 0 bridgehead atoms. The topological polar surface area (TPSA) is 35.6 Å². The lowest BCUT2D eigenvalue weighted by molar-refractivity contribution is 0.500. The van der Waals surface area contributed by atoms with E-state index in [0.29, 0.717) is 0 Å². The van der Waals surface area contributed by atoms with Crippen LogP contribution in [0.3, 0.4) is 0 Å². The standard InChI is InChI=1S/C11H16N4/c1-2-4-11-9-13-15(10-11)8-7-14-6-3-5-12-14/h3,5-6,9-10H,2,4,7-8H2,1H3. The van der Waals surface area contributed by atoms with Gasteiger partial charge in [-0.05, 0) is 18.1 Å². The molecule has 80 valence electrons. The van der Waals surface area contributed by atoms with E-state index in [0.717, 1.165) is 19.5 Å². The first kappa shape index (κ1) is 9.96. The Bertz CT molecular complexity index is 388. The summed E-state index contributed by atoms with van der Waals surface area (Å²) in [5.41, 5.74) is 1.32. The van der Waals surface area contributed by atoms with Crippen molar-refractivity contribution in [1.82, 2.24) is 19.6 Å². The highest BCUT2D eigenvalue weighted by atomic mass is 15.3. The van der Waals surface area contributed by atoms with Crippen LogP contribution in [0.25, 0.3) is 0 Å². The normalized spacial score (nSPS) is 10.7. The molecule has 0 N–H and O–H groups in total. The highest BCUT2D eigenvalue weighted by Gasteiger charge is 1.97. The molecule has 0 aliphatic carbocycles. The number of rotatable bonds is 5. The van der Waals surface area contributed by atoms with Crippen molar-refractivity contribution in [3.63, 3.8) is 0 Å². The van der Waals surface area contributed by atoms with E-state index in [-0.39, 0.29) is 0 Å². The molecule has 0 amide bonds. The third kappa shape index (κ3) is 2.68. The Morgan fingerprint density at radius 3 is 2.80 bits per heavy atom. The van der Waals surface area contributed by atoms with Crippen LogP contribution in [0.4, 0.5) is 0 Å². The number of aromatic nitrogens is 4. The van der Waals surface area contributed by atoms with Gasteiger partial charge in [-0.2, -0.15) is 10.2 Å². The Hall–Kier alpha value is -1.58. The molecule has 2 heterocycles. The molecule has 0 aliphatic heterocycles. The summed E-state index contributed by atoms with van der Waals surface area (Å²) < 4.78 is 3.90. The first-order valence-corrected chi connectivity index (χ1v) is 5.37. The summed E-state index contributed by atoms with van der Waals surface area (Å²) in [7, 11) is 0. The summed E-state index contributed by atoms with van der Waals surface area (Å²) in [4.78, 5) is 0. The van der Waals surface area contributed by atoms with Crippen molar-refractivity contribution in [1.29, 1.82) is 0 Å². The fourth-order valence-corrected chi connectivity index (χ4v) is 1.58. The van der Waals surface area contributed by atoms with Crippen LogP contribution in [0.1, 0.15) is 18.9 Å². The monoisotopic (exact) mass is 204 g/mol. The van der Waals surface area contributed by atoms with Crippen LogP contribution in [0.15, 0.2) is 30.9 Å². The molecule has 0 aromatic carbocycles. The molecule has 2 aromatic heterocycles. The number of hydrogen-bond donors (Lipinski definition) is 0. The molecule has 2 rings (SSSR count). The molecular weight excluding hydrogens is 188 g/mol. The van der Waals surface area contributed by atoms with E-state index < -0.39 is 0 Å². The molecule has 4 nitrogen and oxygen atoms in total. The summed E-state index contributed by atoms with van der Waals surface area (Å²) in [6.07, 6.45) is 10.1. The zero-order chi connectivity index (χ0) is 10.5. The second kappa shape index (κ2) is 4.77. The Kier molecular flexibility index (Phi) is 3.17. The van der Waals surface area contributed by atoms with Crippen LogP contribution >= 0.6 is 0 Å². The second-order valence-electron chi connectivity index (χ2n) is 3.63. The quantitative estimate of drug-likeness (QED) is 0.743. The maximum Gasteiger partial charge on any atom is 0.0605 e. The summed E-state index contributed by atoms with van der Waals surface area (Å²) in [5.74, 6) is 0. The summed E-state index contributed by atoms with van der Waals surface area (Å²) in [6, 6.07) is 1.94. The molecule has 0 radical (unpaired) electrons. The van der Waals surface area contributed by atoms with Gasteiger partial charge in [-0.25, -0.2) is 0 Å². The van der Waals surface area contributed by atoms with Crippen LogP contribution in [0.5, 0.6) is 0 Å². The molecule has 0 atom stereocenters. The van der Waals surface area contributed by atoms with Gasteiger partial charge in [0.15, 0.2) is 0 Å². The molecule has 0 spiro atoms. The van der Waals surface area contributed by atoms with Gasteiger partial charge in [-0.15, -0.1) is 0 Å². The molecule has 0 fully saturated rings. The fraction of sp³-hybridized carbons (Fsp3) is 0.455. The lowest BCUT2D eigenvalue weighted by Gasteiger charge is -2.01. The fourth-order valence-electron chi connectivity index (χ4n) is 1.58. The van der Waals surface area contributed by atoms with E-state index in [1.165, 1.54) is 12.0 Å². The Labute approximate surface area is 89.5 Å². The smallest absolute Gasteiger partial charge is 0.0605 e. The van der Waals surface area contributed by atoms with Crippen LogP contribution in [-0.2, 0) is 19.5 Å². The van der Waals surface area contributed by atoms with E-state index in [1.54, 1.807) is 6.20 Å². The van der Waals surface area contributed by atoms with Crippen LogP contribution in [0, 0.1) is 0 Å². The van der Waals surface area contributed by atoms with E-state index >= 15 is 0 Å². The maximum atomic E-state index is 4.31. The molecule has 0 unspecified atom stereocenters. The average Bonchev–Trinajstić information content (AvgIpc) is 2.85. The second-order valence-corrected chi connectivity index (χ2v) is 3.63. The van der Waals surface area contributed by atoms with Crippen molar-refractivity contribution in [2.24, 2.45) is 0 Å². The Balaban J connectivity index is 1.88. The van der Waals surface area contributed by atoms with Gasteiger partial charge in [0.1, 0.15) is 0 Å². The molecular formula is C11H16N4. The minimum absolute atomic E-state index is 0.875. The summed E-state index contributed by atoms with van der Waals surface area (Å²) >= 11 is 0. The molecule has 15 heavy (non-hydrogen) atoms. The van der Waals surface area contributed by atoms with Crippen LogP contribution in [-0.4, -0.2) is 19.6 Å². The lowest BCUT2D eigenvalue weighted by Crippen LogP contribution is -2.07. The molecule has 0 saturated carbocycles. The highest BCUT2D eigenvalue weighted by molar-refractivity contribution is 5.03. The van der Waals surface area contributed by atoms with Gasteiger partial charge in [-0.1, -0.05) is 13.3 Å². The molecule has 2 aromatic rings. The number of nitrogens with zero attached hydrogens (tertiary/aromatic N) is 4. The van der Waals surface area contributed by atoms with Gasteiger partial charge in [0, 0.05) is 18.6 Å². The number of aryl methyl sites for hydroxylation is 3. The SMILES string of the molecule is CCCc1cnn(CCn2cccn2)c1.